The lowest BCUT2D eigenvalue weighted by Crippen LogP contribution is -2.08. The van der Waals surface area contributed by atoms with Crippen LogP contribution in [0.15, 0.2) is 12.1 Å². The Kier molecular flexibility index (Phi) is 1.84. The summed E-state index contributed by atoms with van der Waals surface area (Å²) >= 11 is 0. The predicted molar refractivity (Wildman–Crippen MR) is 48.8 cm³/mol. The molecule has 1 aromatic rings. The topological polar surface area (TPSA) is 0 Å². The van der Waals surface area contributed by atoms with Gasteiger partial charge in [0.25, 0.3) is 0 Å². The van der Waals surface area contributed by atoms with Crippen LogP contribution in [0.5, 0.6) is 0 Å². The van der Waals surface area contributed by atoms with Gasteiger partial charge in [0.2, 0.25) is 0 Å². The van der Waals surface area contributed by atoms with Gasteiger partial charge in [-0.1, -0.05) is 28.7 Å². The highest BCUT2D eigenvalue weighted by molar-refractivity contribution is 6.33. The van der Waals surface area contributed by atoms with Gasteiger partial charge in [-0.15, -0.1) is 0 Å². The van der Waals surface area contributed by atoms with Crippen LogP contribution in [0.1, 0.15) is 16.7 Å². The molecule has 0 aliphatic heterocycles. The van der Waals surface area contributed by atoms with E-state index in [0.29, 0.717) is 0 Å². The van der Waals surface area contributed by atoms with Gasteiger partial charge < -0.3 is 0 Å². The Morgan fingerprint density at radius 3 is 2.20 bits per heavy atom. The van der Waals surface area contributed by atoms with E-state index in [9.17, 15) is 0 Å². The average Bonchev–Trinajstić information content (AvgIpc) is 1.82. The van der Waals surface area contributed by atoms with Gasteiger partial charge in [0, 0.05) is 0 Å². The van der Waals surface area contributed by atoms with Crippen molar-refractivity contribution < 1.29 is 0 Å². The van der Waals surface area contributed by atoms with Crippen molar-refractivity contribution in [1.29, 1.82) is 0 Å². The molecule has 0 saturated heterocycles. The number of aryl methyl sites for hydroxylation is 2. The molecular weight excluding hydrogens is 119 g/mol. The third-order valence-electron chi connectivity index (χ3n) is 2.07. The molecule has 0 N–H and O–H groups in total. The fraction of sp³-hybridized carbons (Fsp3) is 0.333. The highest BCUT2D eigenvalue weighted by Crippen LogP contribution is 2.05. The summed E-state index contributed by atoms with van der Waals surface area (Å²) < 4.78 is 0. The van der Waals surface area contributed by atoms with E-state index in [0.717, 1.165) is 0 Å². The first kappa shape index (κ1) is 7.39. The quantitative estimate of drug-likeness (QED) is 0.459. The van der Waals surface area contributed by atoms with Crippen molar-refractivity contribution in [1.82, 2.24) is 0 Å². The van der Waals surface area contributed by atoms with Crippen molar-refractivity contribution >= 4 is 13.3 Å². The molecule has 0 atom stereocenters. The van der Waals surface area contributed by atoms with Crippen LogP contribution in [-0.2, 0) is 0 Å². The van der Waals surface area contributed by atoms with Gasteiger partial charge >= 0.3 is 0 Å². The largest absolute Gasteiger partial charge is 0.139 e. The van der Waals surface area contributed by atoms with Crippen molar-refractivity contribution in [2.75, 3.05) is 0 Å². The van der Waals surface area contributed by atoms with Gasteiger partial charge in [-0.05, 0) is 26.3 Å². The smallest absolute Gasteiger partial charge is 0.0856 e. The standard InChI is InChI=1S/C9H13B/c1-6-4-7(2)8(3)9(10)5-6/h4-5H,10H2,1-3H3. The van der Waals surface area contributed by atoms with Gasteiger partial charge in [0.15, 0.2) is 0 Å². The van der Waals surface area contributed by atoms with Crippen LogP contribution in [0.4, 0.5) is 0 Å². The first-order valence-electron chi connectivity index (χ1n) is 3.65. The van der Waals surface area contributed by atoms with Gasteiger partial charge in [-0.2, -0.15) is 0 Å². The second kappa shape index (κ2) is 2.49. The summed E-state index contributed by atoms with van der Waals surface area (Å²) in [6.45, 7) is 6.47. The predicted octanol–water partition coefficient (Wildman–Crippen LogP) is 0.870. The summed E-state index contributed by atoms with van der Waals surface area (Å²) in [4.78, 5) is 0. The zero-order chi connectivity index (χ0) is 7.72. The van der Waals surface area contributed by atoms with E-state index in [-0.39, 0.29) is 0 Å². The molecule has 0 aliphatic carbocycles. The van der Waals surface area contributed by atoms with Crippen LogP contribution >= 0.6 is 0 Å². The molecule has 0 aliphatic rings. The lowest BCUT2D eigenvalue weighted by Gasteiger charge is -2.05. The lowest BCUT2D eigenvalue weighted by atomic mass is 9.87. The van der Waals surface area contributed by atoms with Crippen molar-refractivity contribution in [3.05, 3.63) is 28.8 Å². The van der Waals surface area contributed by atoms with Crippen LogP contribution in [0.25, 0.3) is 0 Å². The summed E-state index contributed by atoms with van der Waals surface area (Å²) in [5.74, 6) is 0. The molecule has 0 nitrogen and oxygen atoms in total. The Balaban J connectivity index is 3.31. The van der Waals surface area contributed by atoms with Crippen LogP contribution in [0.3, 0.4) is 0 Å². The van der Waals surface area contributed by atoms with Crippen molar-refractivity contribution in [2.24, 2.45) is 0 Å². The van der Waals surface area contributed by atoms with Crippen LogP contribution < -0.4 is 5.46 Å². The van der Waals surface area contributed by atoms with E-state index in [1.807, 2.05) is 0 Å². The number of hydrogen-bond acceptors (Lipinski definition) is 0. The van der Waals surface area contributed by atoms with E-state index < -0.39 is 0 Å². The number of hydrogen-bond donors (Lipinski definition) is 0. The summed E-state index contributed by atoms with van der Waals surface area (Å²) in [5, 5.41) is 0. The van der Waals surface area contributed by atoms with Crippen molar-refractivity contribution in [3.63, 3.8) is 0 Å². The maximum absolute atomic E-state index is 2.22. The maximum atomic E-state index is 2.22. The molecule has 1 heteroatoms. The fourth-order valence-corrected chi connectivity index (χ4v) is 1.25. The molecular formula is C9H13B. The molecule has 0 amide bonds. The van der Waals surface area contributed by atoms with Gasteiger partial charge in [0.05, 0.1) is 0 Å². The normalized spacial score (nSPS) is 9.90. The molecule has 0 aromatic heterocycles. The molecule has 0 saturated carbocycles. The van der Waals surface area contributed by atoms with Crippen molar-refractivity contribution in [3.8, 4) is 0 Å². The molecule has 0 spiro atoms. The Labute approximate surface area is 63.7 Å². The van der Waals surface area contributed by atoms with E-state index >= 15 is 0 Å². The van der Waals surface area contributed by atoms with Gasteiger partial charge in [-0.25, -0.2) is 0 Å². The molecule has 52 valence electrons. The Morgan fingerprint density at radius 2 is 1.70 bits per heavy atom. The first-order valence-corrected chi connectivity index (χ1v) is 3.65. The maximum Gasteiger partial charge on any atom is 0.139 e. The third-order valence-corrected chi connectivity index (χ3v) is 2.07. The molecule has 0 heterocycles. The second-order valence-corrected chi connectivity index (χ2v) is 3.02. The fourth-order valence-electron chi connectivity index (χ4n) is 1.25. The summed E-state index contributed by atoms with van der Waals surface area (Å²) in [7, 11) is 2.16. The van der Waals surface area contributed by atoms with Crippen molar-refractivity contribution in [2.45, 2.75) is 20.8 Å². The SMILES string of the molecule is Bc1cc(C)cc(C)c1C. The molecule has 0 radical (unpaired) electrons. The summed E-state index contributed by atoms with van der Waals surface area (Å²) in [6, 6.07) is 4.45. The third kappa shape index (κ3) is 1.23. The van der Waals surface area contributed by atoms with Crippen LogP contribution in [0.2, 0.25) is 0 Å². The second-order valence-electron chi connectivity index (χ2n) is 3.02. The molecule has 1 aromatic carbocycles. The summed E-state index contributed by atoms with van der Waals surface area (Å²) in [6.07, 6.45) is 0. The van der Waals surface area contributed by atoms with Gasteiger partial charge in [-0.3, -0.25) is 0 Å². The lowest BCUT2D eigenvalue weighted by molar-refractivity contribution is 1.32. The minimum absolute atomic E-state index is 1.36. The van der Waals surface area contributed by atoms with E-state index in [1.54, 1.807) is 0 Å². The monoisotopic (exact) mass is 132 g/mol. The van der Waals surface area contributed by atoms with Crippen LogP contribution in [-0.4, -0.2) is 7.85 Å². The van der Waals surface area contributed by atoms with E-state index in [1.165, 1.54) is 22.2 Å². The van der Waals surface area contributed by atoms with Crippen LogP contribution in [0, 0.1) is 20.8 Å². The van der Waals surface area contributed by atoms with E-state index in [4.69, 9.17) is 0 Å². The van der Waals surface area contributed by atoms with E-state index in [2.05, 4.69) is 40.8 Å². The Bertz CT molecular complexity index is 228. The Hall–Kier alpha value is -0.715. The Morgan fingerprint density at radius 1 is 1.10 bits per heavy atom. The zero-order valence-electron chi connectivity index (χ0n) is 7.15. The number of benzene rings is 1. The first-order chi connectivity index (χ1) is 4.61. The highest BCUT2D eigenvalue weighted by atomic mass is 14.0. The molecule has 1 rings (SSSR count). The average molecular weight is 132 g/mol. The number of rotatable bonds is 0. The minimum atomic E-state index is 1.36. The zero-order valence-corrected chi connectivity index (χ0v) is 7.15. The molecule has 0 unspecified atom stereocenters. The molecule has 0 fully saturated rings. The highest BCUT2D eigenvalue weighted by Gasteiger charge is 1.95. The summed E-state index contributed by atoms with van der Waals surface area (Å²) in [5.41, 5.74) is 5.58. The van der Waals surface area contributed by atoms with Gasteiger partial charge in [0.1, 0.15) is 7.85 Å². The minimum Gasteiger partial charge on any atom is -0.0856 e. The molecule has 0 bridgehead atoms. The molecule has 10 heavy (non-hydrogen) atoms.